The summed E-state index contributed by atoms with van der Waals surface area (Å²) in [5.41, 5.74) is 2.24. The Morgan fingerprint density at radius 1 is 1.15 bits per heavy atom. The third-order valence-corrected chi connectivity index (χ3v) is 5.40. The largest absolute Gasteiger partial charge is 0.357 e. The van der Waals surface area contributed by atoms with Gasteiger partial charge in [0, 0.05) is 9.26 Å². The van der Waals surface area contributed by atoms with Gasteiger partial charge in [0.2, 0.25) is 10.0 Å². The number of sulfonamides is 1. The number of hydrogen-bond donors (Lipinski definition) is 3. The molecule has 0 unspecified atom stereocenters. The zero-order valence-electron chi connectivity index (χ0n) is 13.8. The number of thiocarbonyl (C=S) groups is 1. The molecule has 1 heterocycles. The highest BCUT2D eigenvalue weighted by atomic mass is 127. The third kappa shape index (κ3) is 5.45. The molecule has 0 fully saturated rings. The van der Waals surface area contributed by atoms with E-state index in [1.165, 1.54) is 12.1 Å². The highest BCUT2D eigenvalue weighted by molar-refractivity contribution is 14.1. The first-order valence-electron chi connectivity index (χ1n) is 7.66. The predicted molar refractivity (Wildman–Crippen MR) is 115 cm³/mol. The third-order valence-electron chi connectivity index (χ3n) is 3.50. The van der Waals surface area contributed by atoms with Crippen molar-refractivity contribution in [2.75, 3.05) is 5.32 Å². The van der Waals surface area contributed by atoms with E-state index >= 15 is 0 Å². The lowest BCUT2D eigenvalue weighted by Gasteiger charge is -2.09. The molecular weight excluding hydrogens is 499 g/mol. The Morgan fingerprint density at radius 3 is 2.44 bits per heavy atom. The summed E-state index contributed by atoms with van der Waals surface area (Å²) >= 11 is 7.51. The van der Waals surface area contributed by atoms with Gasteiger partial charge in [-0.2, -0.15) is 0 Å². The van der Waals surface area contributed by atoms with Gasteiger partial charge in [0.1, 0.15) is 5.69 Å². The second-order valence-electron chi connectivity index (χ2n) is 5.51. The van der Waals surface area contributed by atoms with E-state index in [1.807, 2.05) is 24.3 Å². The summed E-state index contributed by atoms with van der Waals surface area (Å²) in [6.45, 7) is 0.394. The topological polar surface area (TPSA) is 115 Å². The maximum atomic E-state index is 11.3. The quantitative estimate of drug-likeness (QED) is 0.353. The van der Waals surface area contributed by atoms with E-state index in [0.29, 0.717) is 23.0 Å². The van der Waals surface area contributed by atoms with Gasteiger partial charge in [-0.05, 0) is 83.3 Å². The standard InChI is InChI=1S/C16H15IN6O2S2/c17-11-1-3-12(4-2-11)20-16(26)19-9-13-10-23(22-21-13)14-5-7-15(8-6-14)27(18,24)25/h1-8,10H,9H2,(H2,18,24,25)(H2,19,20,26). The highest BCUT2D eigenvalue weighted by Gasteiger charge is 2.09. The molecule has 0 atom stereocenters. The lowest BCUT2D eigenvalue weighted by Crippen LogP contribution is -2.28. The molecule has 2 aromatic carbocycles. The number of halogens is 1. The van der Waals surface area contributed by atoms with Crippen LogP contribution in [0, 0.1) is 3.57 Å². The van der Waals surface area contributed by atoms with Crippen molar-refractivity contribution in [3.8, 4) is 5.69 Å². The van der Waals surface area contributed by atoms with Crippen molar-refractivity contribution in [2.24, 2.45) is 5.14 Å². The van der Waals surface area contributed by atoms with Crippen LogP contribution in [0.2, 0.25) is 0 Å². The van der Waals surface area contributed by atoms with E-state index in [2.05, 4.69) is 43.5 Å². The monoisotopic (exact) mass is 514 g/mol. The number of primary sulfonamides is 1. The molecule has 3 rings (SSSR count). The van der Waals surface area contributed by atoms with Crippen molar-refractivity contribution in [1.29, 1.82) is 0 Å². The minimum absolute atomic E-state index is 0.0419. The Balaban J connectivity index is 1.59. The molecule has 0 aliphatic carbocycles. The number of hydrogen-bond acceptors (Lipinski definition) is 5. The van der Waals surface area contributed by atoms with Crippen molar-refractivity contribution in [2.45, 2.75) is 11.4 Å². The van der Waals surface area contributed by atoms with Gasteiger partial charge in [-0.3, -0.25) is 0 Å². The number of nitrogens with two attached hydrogens (primary N) is 1. The van der Waals surface area contributed by atoms with Gasteiger partial charge in [-0.15, -0.1) is 5.10 Å². The van der Waals surface area contributed by atoms with E-state index in [-0.39, 0.29) is 4.90 Å². The molecule has 0 aliphatic heterocycles. The first kappa shape index (κ1) is 19.7. The Morgan fingerprint density at radius 2 is 1.81 bits per heavy atom. The van der Waals surface area contributed by atoms with Gasteiger partial charge >= 0.3 is 0 Å². The molecule has 8 nitrogen and oxygen atoms in total. The number of benzene rings is 2. The van der Waals surface area contributed by atoms with E-state index in [9.17, 15) is 8.42 Å². The average Bonchev–Trinajstić information content (AvgIpc) is 3.10. The fourth-order valence-electron chi connectivity index (χ4n) is 2.17. The summed E-state index contributed by atoms with van der Waals surface area (Å²) in [5.74, 6) is 0. The van der Waals surface area contributed by atoms with E-state index in [1.54, 1.807) is 23.0 Å². The maximum absolute atomic E-state index is 11.3. The Bertz CT molecular complexity index is 1050. The Kier molecular flexibility index (Phi) is 6.04. The summed E-state index contributed by atoms with van der Waals surface area (Å²) in [7, 11) is -3.72. The molecule has 1 aromatic heterocycles. The van der Waals surface area contributed by atoms with Gasteiger partial charge in [0.05, 0.1) is 23.3 Å². The molecule has 0 saturated carbocycles. The molecule has 0 aliphatic rings. The number of aromatic nitrogens is 3. The molecule has 140 valence electrons. The van der Waals surface area contributed by atoms with Crippen LogP contribution < -0.4 is 15.8 Å². The van der Waals surface area contributed by atoms with Crippen LogP contribution >= 0.6 is 34.8 Å². The molecule has 0 amide bonds. The minimum Gasteiger partial charge on any atom is -0.357 e. The second-order valence-corrected chi connectivity index (χ2v) is 8.72. The zero-order chi connectivity index (χ0) is 19.4. The highest BCUT2D eigenvalue weighted by Crippen LogP contribution is 2.13. The lowest BCUT2D eigenvalue weighted by molar-refractivity contribution is 0.598. The van der Waals surface area contributed by atoms with E-state index in [4.69, 9.17) is 17.4 Å². The Hall–Kier alpha value is -2.09. The van der Waals surface area contributed by atoms with Gasteiger partial charge in [-0.25, -0.2) is 18.2 Å². The van der Waals surface area contributed by atoms with Gasteiger partial charge < -0.3 is 10.6 Å². The molecule has 0 radical (unpaired) electrons. The van der Waals surface area contributed by atoms with Crippen molar-refractivity contribution < 1.29 is 8.42 Å². The molecule has 0 bridgehead atoms. The summed E-state index contributed by atoms with van der Waals surface area (Å²) in [5, 5.41) is 19.8. The number of anilines is 1. The molecule has 27 heavy (non-hydrogen) atoms. The van der Waals surface area contributed by atoms with Crippen LogP contribution in [0.1, 0.15) is 5.69 Å². The number of rotatable bonds is 5. The van der Waals surface area contributed by atoms with Crippen molar-refractivity contribution in [3.63, 3.8) is 0 Å². The average molecular weight is 514 g/mol. The number of nitrogens with zero attached hydrogens (tertiary/aromatic N) is 3. The molecule has 4 N–H and O–H groups in total. The van der Waals surface area contributed by atoms with Crippen LogP contribution in [0.4, 0.5) is 5.69 Å². The van der Waals surface area contributed by atoms with Crippen molar-refractivity contribution in [1.82, 2.24) is 20.3 Å². The molecular formula is C16H15IN6O2S2. The van der Waals surface area contributed by atoms with Gasteiger partial charge in [0.15, 0.2) is 5.11 Å². The molecule has 0 saturated heterocycles. The molecule has 11 heteroatoms. The maximum Gasteiger partial charge on any atom is 0.238 e. The summed E-state index contributed by atoms with van der Waals surface area (Å²) in [4.78, 5) is 0.0419. The second kappa shape index (κ2) is 8.29. The number of nitrogens with one attached hydrogen (secondary N) is 2. The zero-order valence-corrected chi connectivity index (χ0v) is 17.6. The van der Waals surface area contributed by atoms with E-state index in [0.717, 1.165) is 9.26 Å². The fraction of sp³-hybridized carbons (Fsp3) is 0.0625. The van der Waals surface area contributed by atoms with Crippen LogP contribution in [0.5, 0.6) is 0 Å². The van der Waals surface area contributed by atoms with Crippen LogP contribution in [0.25, 0.3) is 5.69 Å². The van der Waals surface area contributed by atoms with Gasteiger partial charge in [0.25, 0.3) is 0 Å². The van der Waals surface area contributed by atoms with Crippen LogP contribution in [-0.4, -0.2) is 28.5 Å². The van der Waals surface area contributed by atoms with Crippen molar-refractivity contribution in [3.05, 3.63) is 64.0 Å². The Labute approximate surface area is 175 Å². The van der Waals surface area contributed by atoms with Gasteiger partial charge in [-0.1, -0.05) is 5.21 Å². The SMILES string of the molecule is NS(=O)(=O)c1ccc(-n2cc(CNC(=S)Nc3ccc(I)cc3)nn2)cc1. The smallest absolute Gasteiger partial charge is 0.238 e. The summed E-state index contributed by atoms with van der Waals surface area (Å²) in [6, 6.07) is 13.9. The molecule has 0 spiro atoms. The summed E-state index contributed by atoms with van der Waals surface area (Å²) < 4.78 is 25.3. The normalized spacial score (nSPS) is 11.2. The lowest BCUT2D eigenvalue weighted by atomic mass is 10.3. The van der Waals surface area contributed by atoms with E-state index < -0.39 is 10.0 Å². The minimum atomic E-state index is -3.72. The molecule has 3 aromatic rings. The first-order valence-corrected chi connectivity index (χ1v) is 10.7. The predicted octanol–water partition coefficient (Wildman–Crippen LogP) is 2.01. The van der Waals surface area contributed by atoms with Crippen molar-refractivity contribution >= 4 is 55.6 Å². The van der Waals surface area contributed by atoms with Crippen LogP contribution in [0.15, 0.2) is 59.6 Å². The fourth-order valence-corrected chi connectivity index (χ4v) is 3.24. The summed E-state index contributed by atoms with van der Waals surface area (Å²) in [6.07, 6.45) is 1.73. The van der Waals surface area contributed by atoms with Crippen LogP contribution in [-0.2, 0) is 16.6 Å². The first-order chi connectivity index (χ1) is 12.8. The van der Waals surface area contributed by atoms with Crippen LogP contribution in [0.3, 0.4) is 0 Å².